The van der Waals surface area contributed by atoms with Gasteiger partial charge < -0.3 is 29.9 Å². The fraction of sp³-hybridized carbons (Fsp3) is 0.310. The van der Waals surface area contributed by atoms with Crippen LogP contribution < -0.4 is 9.47 Å². The number of aromatic hydroxyl groups is 3. The molecule has 0 bridgehead atoms. The van der Waals surface area contributed by atoms with Gasteiger partial charge in [-0.05, 0) is 53.6 Å². The van der Waals surface area contributed by atoms with Crippen LogP contribution in [0.3, 0.4) is 0 Å². The Morgan fingerprint density at radius 2 is 1.53 bits per heavy atom. The molecule has 0 radical (unpaired) electrons. The number of phenolic OH excluding ortho intramolecular Hbond substituents is 3. The van der Waals surface area contributed by atoms with Crippen LogP contribution in [0.15, 0.2) is 30.3 Å². The fourth-order valence-electron chi connectivity index (χ4n) is 6.17. The van der Waals surface area contributed by atoms with Gasteiger partial charge in [-0.1, -0.05) is 25.4 Å². The lowest BCUT2D eigenvalue weighted by atomic mass is 9.52. The van der Waals surface area contributed by atoms with Crippen LogP contribution in [0.25, 0.3) is 11.1 Å². The summed E-state index contributed by atoms with van der Waals surface area (Å²) in [5.74, 6) is -3.13. The molecule has 3 aromatic rings. The molecule has 0 aliphatic heterocycles. The first-order valence-corrected chi connectivity index (χ1v) is 12.3. The summed E-state index contributed by atoms with van der Waals surface area (Å²) < 4.78 is 10.8. The second kappa shape index (κ2) is 8.38. The second-order valence-corrected chi connectivity index (χ2v) is 10.8. The van der Waals surface area contributed by atoms with Crippen molar-refractivity contribution in [2.45, 2.75) is 38.2 Å². The number of methoxy groups -OCH3 is 2. The van der Waals surface area contributed by atoms with E-state index < -0.39 is 34.2 Å². The van der Waals surface area contributed by atoms with Gasteiger partial charge in [0.25, 0.3) is 0 Å². The molecule has 0 fully saturated rings. The van der Waals surface area contributed by atoms with E-state index in [4.69, 9.17) is 21.1 Å². The van der Waals surface area contributed by atoms with Crippen molar-refractivity contribution >= 4 is 23.2 Å². The van der Waals surface area contributed by atoms with Crippen LogP contribution >= 0.6 is 11.6 Å². The van der Waals surface area contributed by atoms with Crippen LogP contribution in [0.5, 0.6) is 28.7 Å². The van der Waals surface area contributed by atoms with Crippen LogP contribution in [-0.4, -0.2) is 51.8 Å². The van der Waals surface area contributed by atoms with Gasteiger partial charge in [0.1, 0.15) is 28.7 Å². The summed E-state index contributed by atoms with van der Waals surface area (Å²) >= 11 is 6.73. The standard InChI is InChI=1S/C29H27ClO8/c1-12-6-14(37-4)9-19(33)22(12)15-10-20(38-5)25(30)16-11-21-28(2,3)17-7-13(31)8-18(32)24(17)27(35)29(21,36)26(34)23(15)16/h6-10,21,31-33,36H,11H2,1-5H3/t21-,29-/m1/s1. The zero-order chi connectivity index (χ0) is 27.9. The van der Waals surface area contributed by atoms with Crippen LogP contribution in [0, 0.1) is 12.8 Å². The molecule has 4 N–H and O–H groups in total. The molecule has 0 amide bonds. The third-order valence-corrected chi connectivity index (χ3v) is 8.48. The molecule has 9 heteroatoms. The number of hydrogen-bond acceptors (Lipinski definition) is 8. The number of carbonyl (C=O) groups excluding carboxylic acids is 2. The summed E-state index contributed by atoms with van der Waals surface area (Å²) in [4.78, 5) is 28.2. The minimum absolute atomic E-state index is 0.00513. The number of rotatable bonds is 3. The van der Waals surface area contributed by atoms with Gasteiger partial charge in [-0.15, -0.1) is 0 Å². The van der Waals surface area contributed by atoms with E-state index in [9.17, 15) is 30.0 Å². The maximum atomic E-state index is 14.3. The summed E-state index contributed by atoms with van der Waals surface area (Å²) in [6.07, 6.45) is 0.00513. The predicted molar refractivity (Wildman–Crippen MR) is 140 cm³/mol. The van der Waals surface area contributed by atoms with Crippen molar-refractivity contribution in [1.29, 1.82) is 0 Å². The van der Waals surface area contributed by atoms with Gasteiger partial charge in [-0.3, -0.25) is 9.59 Å². The van der Waals surface area contributed by atoms with Gasteiger partial charge in [0.15, 0.2) is 5.60 Å². The van der Waals surface area contributed by atoms with Crippen molar-refractivity contribution in [3.63, 3.8) is 0 Å². The Bertz CT molecular complexity index is 1530. The number of benzene rings is 3. The van der Waals surface area contributed by atoms with E-state index in [1.54, 1.807) is 26.8 Å². The smallest absolute Gasteiger partial charge is 0.206 e. The van der Waals surface area contributed by atoms with Crippen LogP contribution in [0.2, 0.25) is 5.02 Å². The molecule has 198 valence electrons. The second-order valence-electron chi connectivity index (χ2n) is 10.4. The summed E-state index contributed by atoms with van der Waals surface area (Å²) in [5, 5.41) is 43.9. The third kappa shape index (κ3) is 3.26. The SMILES string of the molecule is COc1cc(C)c(-c2cc(OC)c(Cl)c3c2C(=O)[C@@]2(O)C(=O)c4c(O)cc(O)cc4C(C)(C)[C@H]2C3)c(O)c1. The van der Waals surface area contributed by atoms with E-state index in [-0.39, 0.29) is 45.4 Å². The summed E-state index contributed by atoms with van der Waals surface area (Å²) in [7, 11) is 2.89. The Morgan fingerprint density at radius 3 is 2.13 bits per heavy atom. The normalized spacial score (nSPS) is 21.4. The van der Waals surface area contributed by atoms with Crippen molar-refractivity contribution in [2.24, 2.45) is 5.92 Å². The number of halogens is 1. The number of fused-ring (bicyclic) bond motifs is 3. The minimum Gasteiger partial charge on any atom is -0.508 e. The highest BCUT2D eigenvalue weighted by atomic mass is 35.5. The van der Waals surface area contributed by atoms with E-state index >= 15 is 0 Å². The number of carbonyl (C=O) groups is 2. The average molecular weight is 539 g/mol. The Morgan fingerprint density at radius 1 is 0.895 bits per heavy atom. The minimum atomic E-state index is -2.54. The topological polar surface area (TPSA) is 134 Å². The first-order valence-electron chi connectivity index (χ1n) is 11.9. The Hall–Kier alpha value is -3.75. The van der Waals surface area contributed by atoms with Crippen molar-refractivity contribution in [3.8, 4) is 39.9 Å². The molecule has 2 aliphatic rings. The lowest BCUT2D eigenvalue weighted by molar-refractivity contribution is -0.0202. The van der Waals surface area contributed by atoms with E-state index in [1.807, 2.05) is 0 Å². The van der Waals surface area contributed by atoms with Gasteiger partial charge in [-0.25, -0.2) is 0 Å². The number of ether oxygens (including phenoxy) is 2. The number of ketones is 2. The van der Waals surface area contributed by atoms with E-state index in [0.717, 1.165) is 6.07 Å². The molecule has 2 aliphatic carbocycles. The zero-order valence-corrected chi connectivity index (χ0v) is 22.2. The van der Waals surface area contributed by atoms with Gasteiger partial charge in [-0.2, -0.15) is 0 Å². The lowest BCUT2D eigenvalue weighted by Crippen LogP contribution is -2.64. The molecule has 0 heterocycles. The Balaban J connectivity index is 1.85. The predicted octanol–water partition coefficient (Wildman–Crippen LogP) is 4.71. The highest BCUT2D eigenvalue weighted by Gasteiger charge is 2.64. The van der Waals surface area contributed by atoms with Gasteiger partial charge >= 0.3 is 0 Å². The Kier molecular flexibility index (Phi) is 5.71. The summed E-state index contributed by atoms with van der Waals surface area (Å²) in [6.45, 7) is 5.20. The maximum Gasteiger partial charge on any atom is 0.206 e. The van der Waals surface area contributed by atoms with E-state index in [1.165, 1.54) is 32.4 Å². The number of hydrogen-bond donors (Lipinski definition) is 4. The van der Waals surface area contributed by atoms with Gasteiger partial charge in [0, 0.05) is 34.7 Å². The molecule has 38 heavy (non-hydrogen) atoms. The molecule has 0 aromatic heterocycles. The zero-order valence-electron chi connectivity index (χ0n) is 21.5. The third-order valence-electron chi connectivity index (χ3n) is 8.07. The average Bonchev–Trinajstić information content (AvgIpc) is 2.84. The molecule has 2 atom stereocenters. The number of aliphatic hydroxyl groups is 1. The highest BCUT2D eigenvalue weighted by molar-refractivity contribution is 6.35. The van der Waals surface area contributed by atoms with Gasteiger partial charge in [0.05, 0.1) is 24.8 Å². The maximum absolute atomic E-state index is 14.3. The Labute approximate surface area is 224 Å². The highest BCUT2D eigenvalue weighted by Crippen LogP contribution is 2.56. The molecule has 5 rings (SSSR count). The molecule has 8 nitrogen and oxygen atoms in total. The van der Waals surface area contributed by atoms with Crippen molar-refractivity contribution in [1.82, 2.24) is 0 Å². The van der Waals surface area contributed by atoms with Crippen LogP contribution in [-0.2, 0) is 11.8 Å². The van der Waals surface area contributed by atoms with Gasteiger partial charge in [0.2, 0.25) is 11.6 Å². The number of Topliss-reactive ketones (excluding diaryl/α,β-unsaturated/α-hetero) is 2. The quantitative estimate of drug-likeness (QED) is 0.352. The first-order chi connectivity index (χ1) is 17.8. The summed E-state index contributed by atoms with van der Waals surface area (Å²) in [5.41, 5.74) is -2.03. The van der Waals surface area contributed by atoms with Crippen molar-refractivity contribution in [3.05, 3.63) is 63.2 Å². The molecule has 3 aromatic carbocycles. The molecule has 0 saturated carbocycles. The van der Waals surface area contributed by atoms with Crippen LogP contribution in [0.4, 0.5) is 0 Å². The number of aryl methyl sites for hydroxylation is 1. The van der Waals surface area contributed by atoms with E-state index in [2.05, 4.69) is 0 Å². The molecule has 0 saturated heterocycles. The van der Waals surface area contributed by atoms with Crippen LogP contribution in [0.1, 0.15) is 51.3 Å². The van der Waals surface area contributed by atoms with Crippen molar-refractivity contribution in [2.75, 3.05) is 14.2 Å². The monoisotopic (exact) mass is 538 g/mol. The molecule has 0 unspecified atom stereocenters. The number of phenols is 3. The lowest BCUT2D eigenvalue weighted by Gasteiger charge is -2.51. The van der Waals surface area contributed by atoms with E-state index in [0.29, 0.717) is 28.0 Å². The molecular weight excluding hydrogens is 512 g/mol. The first kappa shape index (κ1) is 25.9. The van der Waals surface area contributed by atoms with Crippen molar-refractivity contribution < 1.29 is 39.5 Å². The summed E-state index contributed by atoms with van der Waals surface area (Å²) in [6, 6.07) is 6.95. The molecule has 0 spiro atoms. The largest absolute Gasteiger partial charge is 0.508 e. The fourth-order valence-corrected chi connectivity index (χ4v) is 6.47. The molecular formula is C29H27ClO8.